The summed E-state index contributed by atoms with van der Waals surface area (Å²) in [5.41, 5.74) is 3.29. The topological polar surface area (TPSA) is 97.4 Å². The number of fused-ring (bicyclic) bond motifs is 1. The number of rotatable bonds is 7. The highest BCUT2D eigenvalue weighted by Gasteiger charge is 2.29. The molecule has 2 heterocycles. The van der Waals surface area contributed by atoms with Crippen LogP contribution < -0.4 is 15.0 Å². The second kappa shape index (κ2) is 12.1. The van der Waals surface area contributed by atoms with Gasteiger partial charge < -0.3 is 19.1 Å². The summed E-state index contributed by atoms with van der Waals surface area (Å²) in [5, 5.41) is 2.70. The van der Waals surface area contributed by atoms with E-state index in [1.807, 2.05) is 36.4 Å². The number of morpholine rings is 1. The van der Waals surface area contributed by atoms with Gasteiger partial charge in [0.25, 0.3) is 0 Å². The molecule has 0 bridgehead atoms. The third-order valence-corrected chi connectivity index (χ3v) is 6.92. The summed E-state index contributed by atoms with van der Waals surface area (Å²) in [7, 11) is 0. The van der Waals surface area contributed by atoms with Crippen LogP contribution in [0.3, 0.4) is 0 Å². The monoisotopic (exact) mass is 557 g/mol. The number of benzene rings is 3. The maximum absolute atomic E-state index is 13.3. The third-order valence-electron chi connectivity index (χ3n) is 6.92. The molecule has 5 rings (SSSR count). The van der Waals surface area contributed by atoms with Gasteiger partial charge in [-0.25, -0.2) is 9.59 Å². The molecule has 41 heavy (non-hydrogen) atoms. The summed E-state index contributed by atoms with van der Waals surface area (Å²) in [4.78, 5) is 42.7. The minimum Gasteiger partial charge on any atom is -0.444 e. The van der Waals surface area contributed by atoms with Crippen molar-refractivity contribution < 1.29 is 28.6 Å². The van der Waals surface area contributed by atoms with Crippen LogP contribution in [0.1, 0.15) is 36.7 Å². The van der Waals surface area contributed by atoms with Gasteiger partial charge in [0.15, 0.2) is 5.75 Å². The first-order valence-corrected chi connectivity index (χ1v) is 13.8. The Morgan fingerprint density at radius 1 is 0.927 bits per heavy atom. The van der Waals surface area contributed by atoms with Crippen molar-refractivity contribution in [2.75, 3.05) is 49.6 Å². The lowest BCUT2D eigenvalue weighted by Gasteiger charge is -2.28. The maximum atomic E-state index is 13.3. The van der Waals surface area contributed by atoms with E-state index in [1.165, 1.54) is 0 Å². The summed E-state index contributed by atoms with van der Waals surface area (Å²) in [6.45, 7) is 9.80. The van der Waals surface area contributed by atoms with Crippen molar-refractivity contribution in [3.63, 3.8) is 0 Å². The molecule has 0 radical (unpaired) electrons. The Labute approximate surface area is 240 Å². The summed E-state index contributed by atoms with van der Waals surface area (Å²) >= 11 is 0. The van der Waals surface area contributed by atoms with Gasteiger partial charge in [-0.05, 0) is 67.8 Å². The van der Waals surface area contributed by atoms with Crippen LogP contribution in [0.2, 0.25) is 0 Å². The number of esters is 1. The van der Waals surface area contributed by atoms with E-state index in [2.05, 4.69) is 10.2 Å². The number of ether oxygens (including phenoxy) is 3. The van der Waals surface area contributed by atoms with Crippen LogP contribution in [0.25, 0.3) is 11.1 Å². The van der Waals surface area contributed by atoms with Gasteiger partial charge in [-0.3, -0.25) is 15.0 Å². The molecule has 3 aromatic carbocycles. The van der Waals surface area contributed by atoms with E-state index in [1.54, 1.807) is 56.0 Å². The van der Waals surface area contributed by atoms with Crippen molar-refractivity contribution in [3.05, 3.63) is 77.9 Å². The van der Waals surface area contributed by atoms with Crippen molar-refractivity contribution >= 4 is 29.3 Å². The zero-order valence-corrected chi connectivity index (χ0v) is 23.6. The second-order valence-electron chi connectivity index (χ2n) is 11.1. The molecule has 0 spiro atoms. The Morgan fingerprint density at radius 3 is 2.41 bits per heavy atom. The standard InChI is InChI=1S/C32H35N3O6/c1-32(2,3)41-31(38)33-26-11-9-23(22-7-5-4-6-8-22)20-28(26)40-30(37)24-10-12-27-25(19-24)21-29(36)35(27)14-13-34-15-17-39-18-16-34/h4-12,19-20H,13-18,21H2,1-3H3,(H,33,38). The second-order valence-corrected chi connectivity index (χ2v) is 11.1. The van der Waals surface area contributed by atoms with Gasteiger partial charge in [-0.15, -0.1) is 0 Å². The summed E-state index contributed by atoms with van der Waals surface area (Å²) in [5.74, 6) is -0.395. The lowest BCUT2D eigenvalue weighted by Crippen LogP contribution is -2.42. The first-order valence-electron chi connectivity index (χ1n) is 13.8. The predicted octanol–water partition coefficient (Wildman–Crippen LogP) is 5.14. The molecule has 1 N–H and O–H groups in total. The third kappa shape index (κ3) is 7.11. The Morgan fingerprint density at radius 2 is 1.68 bits per heavy atom. The molecule has 0 saturated carbocycles. The van der Waals surface area contributed by atoms with Crippen molar-refractivity contribution in [3.8, 4) is 16.9 Å². The van der Waals surface area contributed by atoms with Crippen molar-refractivity contribution in [1.29, 1.82) is 0 Å². The predicted molar refractivity (Wildman–Crippen MR) is 156 cm³/mol. The van der Waals surface area contributed by atoms with E-state index >= 15 is 0 Å². The Balaban J connectivity index is 1.35. The van der Waals surface area contributed by atoms with E-state index in [9.17, 15) is 14.4 Å². The SMILES string of the molecule is CC(C)(C)OC(=O)Nc1ccc(-c2ccccc2)cc1OC(=O)c1ccc2c(c1)CC(=O)N2CCN1CCOCC1. The fourth-order valence-corrected chi connectivity index (χ4v) is 4.91. The summed E-state index contributed by atoms with van der Waals surface area (Å²) in [6, 6.07) is 20.1. The van der Waals surface area contributed by atoms with Gasteiger partial charge in [0, 0.05) is 31.9 Å². The molecule has 2 amide bonds. The zero-order chi connectivity index (χ0) is 29.0. The quantitative estimate of drug-likeness (QED) is 0.317. The summed E-state index contributed by atoms with van der Waals surface area (Å²) in [6.07, 6.45) is -0.426. The van der Waals surface area contributed by atoms with E-state index in [4.69, 9.17) is 14.2 Å². The first kappa shape index (κ1) is 28.3. The molecular formula is C32H35N3O6. The van der Waals surface area contributed by atoms with Gasteiger partial charge in [-0.2, -0.15) is 0 Å². The van der Waals surface area contributed by atoms with E-state index in [0.29, 0.717) is 31.0 Å². The lowest BCUT2D eigenvalue weighted by molar-refractivity contribution is -0.117. The number of carbonyl (C=O) groups excluding carboxylic acids is 3. The number of hydrogen-bond donors (Lipinski definition) is 1. The molecule has 2 aliphatic rings. The van der Waals surface area contributed by atoms with Crippen LogP contribution in [0.4, 0.5) is 16.2 Å². The number of nitrogens with one attached hydrogen (secondary N) is 1. The molecule has 1 saturated heterocycles. The Hall–Kier alpha value is -4.21. The molecule has 2 aliphatic heterocycles. The number of nitrogens with zero attached hydrogens (tertiary/aromatic N) is 2. The van der Waals surface area contributed by atoms with E-state index < -0.39 is 17.7 Å². The van der Waals surface area contributed by atoms with Gasteiger partial charge >= 0.3 is 12.1 Å². The molecule has 9 nitrogen and oxygen atoms in total. The molecule has 214 valence electrons. The van der Waals surface area contributed by atoms with Crippen LogP contribution >= 0.6 is 0 Å². The largest absolute Gasteiger partial charge is 0.444 e. The van der Waals surface area contributed by atoms with Crippen molar-refractivity contribution in [2.24, 2.45) is 0 Å². The fourth-order valence-electron chi connectivity index (χ4n) is 4.91. The smallest absolute Gasteiger partial charge is 0.412 e. The van der Waals surface area contributed by atoms with Gasteiger partial charge in [0.05, 0.1) is 30.9 Å². The van der Waals surface area contributed by atoms with Gasteiger partial charge in [-0.1, -0.05) is 36.4 Å². The Bertz CT molecular complexity index is 1430. The minimum atomic E-state index is -0.692. The van der Waals surface area contributed by atoms with E-state index in [0.717, 1.165) is 42.0 Å². The molecule has 0 atom stereocenters. The van der Waals surface area contributed by atoms with Gasteiger partial charge in [0.1, 0.15) is 5.60 Å². The molecule has 3 aromatic rings. The summed E-state index contributed by atoms with van der Waals surface area (Å²) < 4.78 is 16.6. The normalized spacial score (nSPS) is 15.4. The Kier molecular flexibility index (Phi) is 8.37. The fraction of sp³-hybridized carbons (Fsp3) is 0.344. The molecule has 1 fully saturated rings. The molecule has 0 unspecified atom stereocenters. The average Bonchev–Trinajstić information content (AvgIpc) is 3.26. The number of hydrogen-bond acceptors (Lipinski definition) is 7. The highest BCUT2D eigenvalue weighted by atomic mass is 16.6. The minimum absolute atomic E-state index is 0.0122. The molecule has 0 aromatic heterocycles. The number of anilines is 2. The van der Waals surface area contributed by atoms with Crippen molar-refractivity contribution in [2.45, 2.75) is 32.8 Å². The number of amides is 2. The average molecular weight is 558 g/mol. The molecular weight excluding hydrogens is 522 g/mol. The maximum Gasteiger partial charge on any atom is 0.412 e. The highest BCUT2D eigenvalue weighted by Crippen LogP contribution is 2.34. The number of carbonyl (C=O) groups is 3. The van der Waals surface area contributed by atoms with Crippen molar-refractivity contribution in [1.82, 2.24) is 4.90 Å². The van der Waals surface area contributed by atoms with Crippen LogP contribution in [0, 0.1) is 0 Å². The van der Waals surface area contributed by atoms with E-state index in [-0.39, 0.29) is 18.1 Å². The van der Waals surface area contributed by atoms with Crippen LogP contribution in [0.15, 0.2) is 66.7 Å². The molecule has 0 aliphatic carbocycles. The van der Waals surface area contributed by atoms with Crippen LogP contribution in [-0.2, 0) is 20.7 Å². The van der Waals surface area contributed by atoms with Crippen LogP contribution in [0.5, 0.6) is 5.75 Å². The molecule has 9 heteroatoms. The van der Waals surface area contributed by atoms with Crippen LogP contribution in [-0.4, -0.2) is 67.9 Å². The first-order chi connectivity index (χ1) is 19.7. The van der Waals surface area contributed by atoms with Gasteiger partial charge in [0.2, 0.25) is 5.91 Å². The zero-order valence-electron chi connectivity index (χ0n) is 23.6. The lowest BCUT2D eigenvalue weighted by atomic mass is 10.0. The highest BCUT2D eigenvalue weighted by molar-refractivity contribution is 6.03.